The molecule has 5 heteroatoms. The Bertz CT molecular complexity index is 1030. The number of ether oxygens (including phenoxy) is 1. The van der Waals surface area contributed by atoms with E-state index >= 15 is 0 Å². The van der Waals surface area contributed by atoms with Crippen molar-refractivity contribution in [3.05, 3.63) is 95.6 Å². The number of hydrogen-bond donors (Lipinski definition) is 1. The van der Waals surface area contributed by atoms with E-state index in [1.807, 2.05) is 78.9 Å². The number of rotatable bonds is 10. The van der Waals surface area contributed by atoms with Gasteiger partial charge in [0, 0.05) is 17.6 Å². The molecule has 3 aromatic rings. The summed E-state index contributed by atoms with van der Waals surface area (Å²) in [6.45, 7) is 7.55. The largest absolute Gasteiger partial charge is 0.487 e. The number of ketones is 1. The molecule has 0 saturated heterocycles. The number of anilines is 1. The summed E-state index contributed by atoms with van der Waals surface area (Å²) >= 11 is 0. The first-order valence-electron chi connectivity index (χ1n) is 10.7. The standard InChI is InChI=1S/C27H30N2O3/c1-27(2,3)29(18-25(31)23-12-8-5-9-13-23)17-22-14-15-26(24(16-22)28-20-30)32-19-21-10-6-4-7-11-21/h4-16,20H,17-19H2,1-3H3,(H,28,30). The van der Waals surface area contributed by atoms with E-state index in [2.05, 4.69) is 31.0 Å². The fourth-order valence-corrected chi connectivity index (χ4v) is 3.35. The molecule has 32 heavy (non-hydrogen) atoms. The number of benzene rings is 3. The van der Waals surface area contributed by atoms with Crippen molar-refractivity contribution in [2.24, 2.45) is 0 Å². The highest BCUT2D eigenvalue weighted by atomic mass is 16.5. The summed E-state index contributed by atoms with van der Waals surface area (Å²) in [5, 5.41) is 2.74. The summed E-state index contributed by atoms with van der Waals surface area (Å²) < 4.78 is 5.94. The molecule has 0 spiro atoms. The van der Waals surface area contributed by atoms with E-state index < -0.39 is 0 Å². The Labute approximate surface area is 190 Å². The van der Waals surface area contributed by atoms with Crippen molar-refractivity contribution in [3.63, 3.8) is 0 Å². The molecule has 0 saturated carbocycles. The summed E-state index contributed by atoms with van der Waals surface area (Å²) in [6, 6.07) is 24.9. The number of hydrogen-bond acceptors (Lipinski definition) is 4. The molecule has 0 radical (unpaired) electrons. The first kappa shape index (κ1) is 23.2. The molecule has 0 unspecified atom stereocenters. The van der Waals surface area contributed by atoms with Crippen LogP contribution in [0.4, 0.5) is 5.69 Å². The van der Waals surface area contributed by atoms with Crippen LogP contribution in [0.15, 0.2) is 78.9 Å². The Morgan fingerprint density at radius 3 is 2.22 bits per heavy atom. The Hall–Kier alpha value is -3.44. The fourth-order valence-electron chi connectivity index (χ4n) is 3.35. The van der Waals surface area contributed by atoms with E-state index in [1.54, 1.807) is 0 Å². The Balaban J connectivity index is 1.76. The monoisotopic (exact) mass is 430 g/mol. The Kier molecular flexibility index (Phi) is 7.79. The van der Waals surface area contributed by atoms with Gasteiger partial charge in [-0.3, -0.25) is 14.5 Å². The smallest absolute Gasteiger partial charge is 0.211 e. The molecule has 3 rings (SSSR count). The second-order valence-electron chi connectivity index (χ2n) is 8.68. The molecule has 0 aliphatic carbocycles. The number of carbonyl (C=O) groups is 2. The maximum absolute atomic E-state index is 12.8. The Morgan fingerprint density at radius 2 is 1.59 bits per heavy atom. The van der Waals surface area contributed by atoms with Gasteiger partial charge in [-0.2, -0.15) is 0 Å². The van der Waals surface area contributed by atoms with E-state index in [-0.39, 0.29) is 11.3 Å². The maximum Gasteiger partial charge on any atom is 0.211 e. The molecular formula is C27H30N2O3. The fraction of sp³-hybridized carbons (Fsp3) is 0.259. The van der Waals surface area contributed by atoms with Crippen LogP contribution in [0.3, 0.4) is 0 Å². The minimum absolute atomic E-state index is 0.0783. The van der Waals surface area contributed by atoms with Gasteiger partial charge in [-0.15, -0.1) is 0 Å². The van der Waals surface area contributed by atoms with E-state index in [4.69, 9.17) is 4.74 Å². The molecule has 166 valence electrons. The van der Waals surface area contributed by atoms with Crippen LogP contribution in [0.25, 0.3) is 0 Å². The van der Waals surface area contributed by atoms with Crippen molar-refractivity contribution < 1.29 is 14.3 Å². The predicted octanol–water partition coefficient (Wildman–Crippen LogP) is 5.32. The normalized spacial score (nSPS) is 11.2. The van der Waals surface area contributed by atoms with Crippen LogP contribution in [0, 0.1) is 0 Å². The SMILES string of the molecule is CC(C)(C)N(CC(=O)c1ccccc1)Cc1ccc(OCc2ccccc2)c(NC=O)c1. The first-order chi connectivity index (χ1) is 15.4. The zero-order chi connectivity index (χ0) is 23.0. The molecule has 1 N–H and O–H groups in total. The molecule has 0 atom stereocenters. The number of nitrogens with zero attached hydrogens (tertiary/aromatic N) is 1. The molecule has 0 fully saturated rings. The van der Waals surface area contributed by atoms with Gasteiger partial charge in [-0.05, 0) is 44.0 Å². The van der Waals surface area contributed by atoms with Crippen molar-refractivity contribution in [2.75, 3.05) is 11.9 Å². The molecule has 3 aromatic carbocycles. The summed E-state index contributed by atoms with van der Waals surface area (Å²) in [5.41, 5.74) is 3.13. The van der Waals surface area contributed by atoms with E-state index in [9.17, 15) is 9.59 Å². The maximum atomic E-state index is 12.8. The number of amides is 1. The molecular weight excluding hydrogens is 400 g/mol. The molecule has 1 amide bonds. The molecule has 0 aliphatic heterocycles. The lowest BCUT2D eigenvalue weighted by Gasteiger charge is -2.35. The van der Waals surface area contributed by atoms with Gasteiger partial charge in [0.1, 0.15) is 12.4 Å². The van der Waals surface area contributed by atoms with E-state index in [1.165, 1.54) is 0 Å². The lowest BCUT2D eigenvalue weighted by Crippen LogP contribution is -2.43. The molecule has 0 heterocycles. The van der Waals surface area contributed by atoms with Crippen molar-refractivity contribution >= 4 is 17.9 Å². The van der Waals surface area contributed by atoms with Gasteiger partial charge in [0.15, 0.2) is 5.78 Å². The minimum Gasteiger partial charge on any atom is -0.487 e. The average molecular weight is 431 g/mol. The summed E-state index contributed by atoms with van der Waals surface area (Å²) in [6.07, 6.45) is 0.648. The van der Waals surface area contributed by atoms with Crippen molar-refractivity contribution in [1.29, 1.82) is 0 Å². The lowest BCUT2D eigenvalue weighted by atomic mass is 10.0. The summed E-state index contributed by atoms with van der Waals surface area (Å²) in [5.74, 6) is 0.682. The van der Waals surface area contributed by atoms with E-state index in [0.717, 1.165) is 11.1 Å². The molecule has 5 nitrogen and oxygen atoms in total. The van der Waals surface area contributed by atoms with Crippen LogP contribution >= 0.6 is 0 Å². The number of carbonyl (C=O) groups excluding carboxylic acids is 2. The van der Waals surface area contributed by atoms with Crippen LogP contribution in [-0.4, -0.2) is 29.2 Å². The highest BCUT2D eigenvalue weighted by Gasteiger charge is 2.24. The number of Topliss-reactive ketones (excluding diaryl/α,β-unsaturated/α-hetero) is 1. The lowest BCUT2D eigenvalue weighted by molar-refractivity contribution is -0.105. The highest BCUT2D eigenvalue weighted by molar-refractivity contribution is 5.97. The third kappa shape index (κ3) is 6.53. The van der Waals surface area contributed by atoms with Gasteiger partial charge in [0.05, 0.1) is 12.2 Å². The third-order valence-corrected chi connectivity index (χ3v) is 5.25. The van der Waals surface area contributed by atoms with Crippen LogP contribution in [0.1, 0.15) is 42.3 Å². The zero-order valence-electron chi connectivity index (χ0n) is 18.9. The molecule has 0 aromatic heterocycles. The van der Waals surface area contributed by atoms with Crippen molar-refractivity contribution in [3.8, 4) is 5.75 Å². The van der Waals surface area contributed by atoms with E-state index in [0.29, 0.717) is 43.1 Å². The topological polar surface area (TPSA) is 58.6 Å². The van der Waals surface area contributed by atoms with Gasteiger partial charge < -0.3 is 10.1 Å². The van der Waals surface area contributed by atoms with Gasteiger partial charge >= 0.3 is 0 Å². The second-order valence-corrected chi connectivity index (χ2v) is 8.68. The van der Waals surface area contributed by atoms with Crippen molar-refractivity contribution in [2.45, 2.75) is 39.5 Å². The Morgan fingerprint density at radius 1 is 0.938 bits per heavy atom. The van der Waals surface area contributed by atoms with Gasteiger partial charge in [-0.1, -0.05) is 66.7 Å². The van der Waals surface area contributed by atoms with Gasteiger partial charge in [0.2, 0.25) is 6.41 Å². The van der Waals surface area contributed by atoms with Gasteiger partial charge in [-0.25, -0.2) is 0 Å². The highest BCUT2D eigenvalue weighted by Crippen LogP contribution is 2.28. The summed E-state index contributed by atoms with van der Waals surface area (Å²) in [7, 11) is 0. The molecule has 0 bridgehead atoms. The van der Waals surface area contributed by atoms with Crippen LogP contribution in [0.2, 0.25) is 0 Å². The average Bonchev–Trinajstić information content (AvgIpc) is 2.79. The summed E-state index contributed by atoms with van der Waals surface area (Å²) in [4.78, 5) is 26.1. The third-order valence-electron chi connectivity index (χ3n) is 5.25. The molecule has 0 aliphatic rings. The van der Waals surface area contributed by atoms with Crippen LogP contribution in [0.5, 0.6) is 5.75 Å². The first-order valence-corrected chi connectivity index (χ1v) is 10.7. The second kappa shape index (κ2) is 10.7. The zero-order valence-corrected chi connectivity index (χ0v) is 18.9. The van der Waals surface area contributed by atoms with Crippen LogP contribution < -0.4 is 10.1 Å². The predicted molar refractivity (Wildman–Crippen MR) is 128 cm³/mol. The quantitative estimate of drug-likeness (QED) is 0.349. The van der Waals surface area contributed by atoms with Crippen LogP contribution in [-0.2, 0) is 17.9 Å². The van der Waals surface area contributed by atoms with Gasteiger partial charge in [0.25, 0.3) is 0 Å². The van der Waals surface area contributed by atoms with Crippen molar-refractivity contribution in [1.82, 2.24) is 4.90 Å². The minimum atomic E-state index is -0.217. The number of nitrogens with one attached hydrogen (secondary N) is 1.